The molecular formula is C24H25N5O3S. The first-order chi connectivity index (χ1) is 16.0. The summed E-state index contributed by atoms with van der Waals surface area (Å²) >= 11 is 0.989. The lowest BCUT2D eigenvalue weighted by molar-refractivity contribution is -0.122. The van der Waals surface area contributed by atoms with Crippen molar-refractivity contribution >= 4 is 46.0 Å². The van der Waals surface area contributed by atoms with Gasteiger partial charge in [0.1, 0.15) is 0 Å². The fourth-order valence-corrected chi connectivity index (χ4v) is 5.04. The predicted octanol–water partition coefficient (Wildman–Crippen LogP) is 3.11. The number of hydrogen-bond donors (Lipinski definition) is 1. The van der Waals surface area contributed by atoms with Crippen molar-refractivity contribution in [3.63, 3.8) is 0 Å². The molecule has 1 N–H and O–H groups in total. The number of imide groups is 1. The Balaban J connectivity index is 1.30. The van der Waals surface area contributed by atoms with Gasteiger partial charge in [-0.3, -0.25) is 24.0 Å². The smallest absolute Gasteiger partial charge is 0.293 e. The molecule has 1 saturated heterocycles. The van der Waals surface area contributed by atoms with Crippen molar-refractivity contribution < 1.29 is 14.7 Å². The average molecular weight is 464 g/mol. The standard InChI is InChI=1S/C24H25N5O3S/c1-17-6-8-18(9-7-17)14-21-22(31)28(24(32)33-21)11-10-26-15-27(12-13-30)23-25-19-4-2-3-5-20(19)29(23)16-26/h2-9,14,30H,10-13,15-16H2,1H3. The summed E-state index contributed by atoms with van der Waals surface area (Å²) in [7, 11) is 0. The van der Waals surface area contributed by atoms with E-state index in [0.717, 1.165) is 39.9 Å². The van der Waals surface area contributed by atoms with Crippen molar-refractivity contribution in [1.82, 2.24) is 19.4 Å². The molecular weight excluding hydrogens is 438 g/mol. The summed E-state index contributed by atoms with van der Waals surface area (Å²) in [6, 6.07) is 15.8. The highest BCUT2D eigenvalue weighted by molar-refractivity contribution is 8.18. The molecule has 170 valence electrons. The third-order valence-corrected chi connectivity index (χ3v) is 6.80. The van der Waals surface area contributed by atoms with E-state index in [1.54, 1.807) is 6.08 Å². The molecule has 0 aliphatic carbocycles. The van der Waals surface area contributed by atoms with Crippen LogP contribution < -0.4 is 4.90 Å². The third-order valence-electron chi connectivity index (χ3n) is 5.89. The summed E-state index contributed by atoms with van der Waals surface area (Å²) < 4.78 is 2.11. The number of amides is 2. The van der Waals surface area contributed by atoms with Crippen molar-refractivity contribution in [1.29, 1.82) is 0 Å². The van der Waals surface area contributed by atoms with Crippen LogP contribution in [0.3, 0.4) is 0 Å². The maximum atomic E-state index is 12.9. The van der Waals surface area contributed by atoms with Gasteiger partial charge in [-0.25, -0.2) is 4.98 Å². The van der Waals surface area contributed by atoms with E-state index in [0.29, 0.717) is 37.9 Å². The van der Waals surface area contributed by atoms with Crippen molar-refractivity contribution in [3.8, 4) is 0 Å². The van der Waals surface area contributed by atoms with E-state index >= 15 is 0 Å². The number of anilines is 1. The van der Waals surface area contributed by atoms with Crippen LogP contribution in [-0.4, -0.2) is 68.5 Å². The molecule has 2 aliphatic rings. The number of benzene rings is 2. The molecule has 0 spiro atoms. The second-order valence-electron chi connectivity index (χ2n) is 8.24. The molecule has 3 heterocycles. The van der Waals surface area contributed by atoms with Crippen LogP contribution >= 0.6 is 11.8 Å². The number of aromatic nitrogens is 2. The van der Waals surface area contributed by atoms with E-state index in [4.69, 9.17) is 4.98 Å². The van der Waals surface area contributed by atoms with Crippen LogP contribution in [-0.2, 0) is 11.5 Å². The molecule has 1 fully saturated rings. The number of para-hydroxylation sites is 2. The molecule has 8 nitrogen and oxygen atoms in total. The van der Waals surface area contributed by atoms with Crippen LogP contribution in [0.5, 0.6) is 0 Å². The van der Waals surface area contributed by atoms with Gasteiger partial charge in [0.05, 0.1) is 35.9 Å². The fourth-order valence-electron chi connectivity index (χ4n) is 4.17. The lowest BCUT2D eigenvalue weighted by atomic mass is 10.1. The van der Waals surface area contributed by atoms with Gasteiger partial charge in [0.15, 0.2) is 0 Å². The number of imidazole rings is 1. The van der Waals surface area contributed by atoms with Crippen molar-refractivity contribution in [2.24, 2.45) is 0 Å². The van der Waals surface area contributed by atoms with E-state index in [2.05, 4.69) is 9.47 Å². The molecule has 1 aromatic heterocycles. The second-order valence-corrected chi connectivity index (χ2v) is 9.23. The SMILES string of the molecule is Cc1ccc(C=C2SC(=O)N(CCN3CN(CCO)c4nc5ccccc5n4C3)C2=O)cc1. The quantitative estimate of drug-likeness (QED) is 0.563. The Kier molecular flexibility index (Phi) is 5.92. The monoisotopic (exact) mass is 463 g/mol. The molecule has 2 aromatic carbocycles. The van der Waals surface area contributed by atoms with E-state index in [9.17, 15) is 14.7 Å². The van der Waals surface area contributed by atoms with E-state index < -0.39 is 0 Å². The Labute approximate surface area is 196 Å². The molecule has 9 heteroatoms. The van der Waals surface area contributed by atoms with E-state index in [1.165, 1.54) is 4.90 Å². The van der Waals surface area contributed by atoms with Gasteiger partial charge < -0.3 is 10.0 Å². The zero-order valence-electron chi connectivity index (χ0n) is 18.3. The number of fused-ring (bicyclic) bond motifs is 3. The highest BCUT2D eigenvalue weighted by Gasteiger charge is 2.35. The Bertz CT molecular complexity index is 1240. The number of carbonyl (C=O) groups excluding carboxylic acids is 2. The van der Waals surface area contributed by atoms with Crippen LogP contribution in [0.25, 0.3) is 17.1 Å². The van der Waals surface area contributed by atoms with Gasteiger partial charge in [-0.1, -0.05) is 42.0 Å². The largest absolute Gasteiger partial charge is 0.395 e. The van der Waals surface area contributed by atoms with Crippen molar-refractivity contribution in [2.75, 3.05) is 37.8 Å². The fraction of sp³-hybridized carbons (Fsp3) is 0.292. The summed E-state index contributed by atoms with van der Waals surface area (Å²) in [5, 5.41) is 9.30. The Morgan fingerprint density at radius 1 is 1.03 bits per heavy atom. The first-order valence-corrected chi connectivity index (χ1v) is 11.7. The van der Waals surface area contributed by atoms with Crippen molar-refractivity contribution in [2.45, 2.75) is 13.6 Å². The number of aliphatic hydroxyl groups excluding tert-OH is 1. The van der Waals surface area contributed by atoms with Gasteiger partial charge in [-0.15, -0.1) is 0 Å². The summed E-state index contributed by atoms with van der Waals surface area (Å²) in [4.78, 5) is 36.1. The minimum absolute atomic E-state index is 0.0178. The number of β-amino-alcohol motifs (C(OH)–C–C–N with tert-alkyl or cyclic N) is 1. The molecule has 0 saturated carbocycles. The van der Waals surface area contributed by atoms with Gasteiger partial charge in [0.2, 0.25) is 5.95 Å². The number of rotatable bonds is 6. The maximum Gasteiger partial charge on any atom is 0.293 e. The lowest BCUT2D eigenvalue weighted by Crippen LogP contribution is -2.48. The van der Waals surface area contributed by atoms with Crippen LogP contribution in [0.2, 0.25) is 0 Å². The summed E-state index contributed by atoms with van der Waals surface area (Å²) in [5.74, 6) is 0.581. The Morgan fingerprint density at radius 3 is 2.61 bits per heavy atom. The molecule has 0 bridgehead atoms. The normalized spacial score (nSPS) is 18.1. The maximum absolute atomic E-state index is 12.9. The highest BCUT2D eigenvalue weighted by Crippen LogP contribution is 2.32. The van der Waals surface area contributed by atoms with Crippen LogP contribution in [0.1, 0.15) is 11.1 Å². The third kappa shape index (κ3) is 4.27. The molecule has 0 unspecified atom stereocenters. The van der Waals surface area contributed by atoms with E-state index in [1.807, 2.05) is 60.4 Å². The van der Waals surface area contributed by atoms with Gasteiger partial charge in [0.25, 0.3) is 11.1 Å². The second kappa shape index (κ2) is 9.01. The minimum Gasteiger partial charge on any atom is -0.395 e. The van der Waals surface area contributed by atoms with Crippen molar-refractivity contribution in [3.05, 3.63) is 64.6 Å². The van der Waals surface area contributed by atoms with Gasteiger partial charge >= 0.3 is 0 Å². The van der Waals surface area contributed by atoms with E-state index in [-0.39, 0.29) is 17.8 Å². The van der Waals surface area contributed by atoms with Crippen LogP contribution in [0, 0.1) is 6.92 Å². The first kappa shape index (κ1) is 21.7. The summed E-state index contributed by atoms with van der Waals surface area (Å²) in [6.07, 6.45) is 1.78. The molecule has 5 rings (SSSR count). The number of hydrogen-bond acceptors (Lipinski definition) is 7. The minimum atomic E-state index is -0.247. The molecule has 33 heavy (non-hydrogen) atoms. The number of aliphatic hydroxyl groups is 1. The van der Waals surface area contributed by atoms with Gasteiger partial charge in [0, 0.05) is 19.6 Å². The molecule has 2 aliphatic heterocycles. The first-order valence-electron chi connectivity index (χ1n) is 10.9. The predicted molar refractivity (Wildman–Crippen MR) is 130 cm³/mol. The topological polar surface area (TPSA) is 81.9 Å². The summed E-state index contributed by atoms with van der Waals surface area (Å²) in [5.41, 5.74) is 3.98. The van der Waals surface area contributed by atoms with Crippen LogP contribution in [0.4, 0.5) is 10.7 Å². The zero-order chi connectivity index (χ0) is 22.9. The number of aryl methyl sites for hydroxylation is 1. The average Bonchev–Trinajstić information content (AvgIpc) is 3.31. The van der Waals surface area contributed by atoms with Crippen LogP contribution in [0.15, 0.2) is 53.4 Å². The van der Waals surface area contributed by atoms with Gasteiger partial charge in [-0.2, -0.15) is 0 Å². The molecule has 0 radical (unpaired) electrons. The number of thioether (sulfide) groups is 1. The lowest BCUT2D eigenvalue weighted by Gasteiger charge is -2.37. The Hall–Kier alpha value is -3.14. The molecule has 0 atom stereocenters. The number of carbonyl (C=O) groups is 2. The highest BCUT2D eigenvalue weighted by atomic mass is 32.2. The van der Waals surface area contributed by atoms with Gasteiger partial charge in [-0.05, 0) is 42.5 Å². The molecule has 3 aromatic rings. The zero-order valence-corrected chi connectivity index (χ0v) is 19.2. The Morgan fingerprint density at radius 2 is 1.82 bits per heavy atom. The number of nitrogens with zero attached hydrogens (tertiary/aromatic N) is 5. The molecule has 2 amide bonds. The summed E-state index contributed by atoms with van der Waals surface area (Å²) in [6.45, 7) is 4.50.